The first-order valence-corrected chi connectivity index (χ1v) is 10.6. The Bertz CT molecular complexity index is 1220. The van der Waals surface area contributed by atoms with E-state index in [2.05, 4.69) is 25.3 Å². The molecule has 1 amide bonds. The lowest BCUT2D eigenvalue weighted by atomic mass is 10.1. The zero-order valence-electron chi connectivity index (χ0n) is 18.3. The van der Waals surface area contributed by atoms with E-state index in [4.69, 9.17) is 4.74 Å². The van der Waals surface area contributed by atoms with Gasteiger partial charge < -0.3 is 25.0 Å². The molecule has 1 aliphatic rings. The summed E-state index contributed by atoms with van der Waals surface area (Å²) in [5.74, 6) is 0.0793. The van der Waals surface area contributed by atoms with Gasteiger partial charge in [-0.05, 0) is 25.0 Å². The number of fused-ring (bicyclic) bond motifs is 2. The highest BCUT2D eigenvalue weighted by molar-refractivity contribution is 6.06. The molecule has 0 unspecified atom stereocenters. The number of carbonyl (C=O) groups excluding carboxylic acids is 1. The van der Waals surface area contributed by atoms with Crippen molar-refractivity contribution in [3.8, 4) is 11.6 Å². The van der Waals surface area contributed by atoms with Crippen LogP contribution in [-0.2, 0) is 11.0 Å². The molecule has 2 bridgehead atoms. The second kappa shape index (κ2) is 9.57. The Morgan fingerprint density at radius 3 is 2.79 bits per heavy atom. The number of aromatic nitrogens is 3. The van der Waals surface area contributed by atoms with Crippen molar-refractivity contribution in [3.63, 3.8) is 0 Å². The minimum absolute atomic E-state index is 0.0122. The van der Waals surface area contributed by atoms with Crippen LogP contribution in [0.15, 0.2) is 29.5 Å². The molecule has 1 aliphatic heterocycles. The van der Waals surface area contributed by atoms with Gasteiger partial charge in [0.2, 0.25) is 5.91 Å². The van der Waals surface area contributed by atoms with Crippen molar-refractivity contribution < 1.29 is 27.8 Å². The zero-order valence-corrected chi connectivity index (χ0v) is 18.3. The van der Waals surface area contributed by atoms with Gasteiger partial charge in [-0.25, -0.2) is 9.97 Å². The second-order valence-corrected chi connectivity index (χ2v) is 7.85. The number of aromatic hydroxyl groups is 1. The fourth-order valence-corrected chi connectivity index (χ4v) is 3.59. The van der Waals surface area contributed by atoms with E-state index in [-0.39, 0.29) is 41.8 Å². The Balaban J connectivity index is 1.76. The van der Waals surface area contributed by atoms with Gasteiger partial charge in [0.1, 0.15) is 23.5 Å². The van der Waals surface area contributed by atoms with Crippen LogP contribution in [0.2, 0.25) is 0 Å². The molecule has 0 radical (unpaired) electrons. The summed E-state index contributed by atoms with van der Waals surface area (Å²) >= 11 is 0. The largest absolute Gasteiger partial charge is 0.494 e. The topological polar surface area (TPSA) is 116 Å². The van der Waals surface area contributed by atoms with Crippen molar-refractivity contribution in [1.29, 1.82) is 0 Å². The molecule has 0 fully saturated rings. The molecule has 180 valence electrons. The number of nitrogens with zero attached hydrogens (tertiary/aromatic N) is 4. The SMILES string of the molecule is CN1CCCNc2ncnc3[nH]c(O)c(c23)C=Nc2cc(cc(C(F)(F)F)c2)OCCCC1=O. The van der Waals surface area contributed by atoms with Crippen molar-refractivity contribution in [3.05, 3.63) is 35.7 Å². The molecule has 0 saturated heterocycles. The van der Waals surface area contributed by atoms with Crippen LogP contribution < -0.4 is 10.1 Å². The number of alkyl halides is 3. The van der Waals surface area contributed by atoms with Gasteiger partial charge in [0, 0.05) is 38.8 Å². The highest BCUT2D eigenvalue weighted by atomic mass is 19.4. The number of benzene rings is 1. The normalized spacial score (nSPS) is 16.0. The molecule has 9 nitrogen and oxygen atoms in total. The number of halogens is 3. The Morgan fingerprint density at radius 1 is 1.18 bits per heavy atom. The summed E-state index contributed by atoms with van der Waals surface area (Å²) in [4.78, 5) is 29.1. The lowest BCUT2D eigenvalue weighted by molar-refractivity contribution is -0.137. The number of amides is 1. The van der Waals surface area contributed by atoms with E-state index in [1.54, 1.807) is 11.9 Å². The van der Waals surface area contributed by atoms with Gasteiger partial charge in [0.15, 0.2) is 5.88 Å². The van der Waals surface area contributed by atoms with E-state index in [0.29, 0.717) is 42.8 Å². The standard InChI is InChI=1S/C22H23F3N6O3/c1-31-6-3-5-26-19-18-16(21(33)30-20(18)29-12-28-19)11-27-14-8-13(22(23,24)25)9-15(10-14)34-7-2-4-17(31)32/h8-12,33H,2-7H2,1H3,(H2,26,28,29,30). The average molecular weight is 476 g/mol. The quantitative estimate of drug-likeness (QED) is 0.454. The Labute approximate surface area is 192 Å². The number of ether oxygens (including phenoxy) is 1. The molecule has 2 aromatic heterocycles. The van der Waals surface area contributed by atoms with Crippen LogP contribution in [0.3, 0.4) is 0 Å². The summed E-state index contributed by atoms with van der Waals surface area (Å²) < 4.78 is 45.8. The second-order valence-electron chi connectivity index (χ2n) is 7.85. The van der Waals surface area contributed by atoms with Gasteiger partial charge >= 0.3 is 6.18 Å². The van der Waals surface area contributed by atoms with E-state index in [9.17, 15) is 23.1 Å². The van der Waals surface area contributed by atoms with Gasteiger partial charge in [-0.3, -0.25) is 9.79 Å². The summed E-state index contributed by atoms with van der Waals surface area (Å²) in [7, 11) is 1.70. The predicted molar refractivity (Wildman–Crippen MR) is 120 cm³/mol. The fraction of sp³-hybridized carbons (Fsp3) is 0.364. The van der Waals surface area contributed by atoms with Crippen LogP contribution in [0.5, 0.6) is 11.6 Å². The molecular weight excluding hydrogens is 453 g/mol. The summed E-state index contributed by atoms with van der Waals surface area (Å²) in [5.41, 5.74) is -0.365. The number of hydrogen-bond donors (Lipinski definition) is 3. The molecular formula is C22H23F3N6O3. The van der Waals surface area contributed by atoms with Gasteiger partial charge in [-0.1, -0.05) is 0 Å². The first kappa shape index (κ1) is 23.3. The molecule has 12 heteroatoms. The van der Waals surface area contributed by atoms with E-state index in [1.807, 2.05) is 0 Å². The van der Waals surface area contributed by atoms with Crippen molar-refractivity contribution in [1.82, 2.24) is 19.9 Å². The van der Waals surface area contributed by atoms with E-state index < -0.39 is 11.7 Å². The molecule has 3 heterocycles. The minimum Gasteiger partial charge on any atom is -0.494 e. The number of aromatic amines is 1. The lowest BCUT2D eigenvalue weighted by Crippen LogP contribution is -2.29. The number of rotatable bonds is 0. The molecule has 1 aromatic carbocycles. The monoisotopic (exact) mass is 476 g/mol. The van der Waals surface area contributed by atoms with Crippen LogP contribution in [0, 0.1) is 0 Å². The number of hydrogen-bond acceptors (Lipinski definition) is 7. The van der Waals surface area contributed by atoms with Crippen LogP contribution >= 0.6 is 0 Å². The maximum atomic E-state index is 13.4. The smallest absolute Gasteiger partial charge is 0.416 e. The summed E-state index contributed by atoms with van der Waals surface area (Å²) in [6.07, 6.45) is -0.804. The maximum absolute atomic E-state index is 13.4. The molecule has 34 heavy (non-hydrogen) atoms. The molecule has 3 N–H and O–H groups in total. The fourth-order valence-electron chi connectivity index (χ4n) is 3.59. The van der Waals surface area contributed by atoms with Crippen LogP contribution in [0.1, 0.15) is 30.4 Å². The molecule has 0 aliphatic carbocycles. The van der Waals surface area contributed by atoms with Crippen molar-refractivity contribution in [2.24, 2.45) is 4.99 Å². The van der Waals surface area contributed by atoms with E-state index in [1.165, 1.54) is 18.6 Å². The Kier molecular flexibility index (Phi) is 6.57. The van der Waals surface area contributed by atoms with Gasteiger partial charge in [0.25, 0.3) is 0 Å². The van der Waals surface area contributed by atoms with Gasteiger partial charge in [0.05, 0.1) is 28.8 Å². The molecule has 0 saturated carbocycles. The number of nitrogens with one attached hydrogen (secondary N) is 2. The third kappa shape index (κ3) is 5.21. The highest BCUT2D eigenvalue weighted by Crippen LogP contribution is 2.36. The van der Waals surface area contributed by atoms with E-state index >= 15 is 0 Å². The Morgan fingerprint density at radius 2 is 2.00 bits per heavy atom. The first-order valence-electron chi connectivity index (χ1n) is 10.6. The molecule has 0 spiro atoms. The third-order valence-corrected chi connectivity index (χ3v) is 5.36. The molecule has 0 atom stereocenters. The van der Waals surface area contributed by atoms with E-state index in [0.717, 1.165) is 12.1 Å². The maximum Gasteiger partial charge on any atom is 0.416 e. The number of H-pyrrole nitrogens is 1. The summed E-state index contributed by atoms with van der Waals surface area (Å²) in [5, 5.41) is 14.0. The summed E-state index contributed by atoms with van der Waals surface area (Å²) in [6, 6.07) is 3.15. The lowest BCUT2D eigenvalue weighted by Gasteiger charge is -2.18. The van der Waals surface area contributed by atoms with Crippen LogP contribution in [-0.4, -0.2) is 63.8 Å². The average Bonchev–Trinajstić information content (AvgIpc) is 3.12. The number of anilines is 1. The molecule has 3 aromatic rings. The van der Waals surface area contributed by atoms with Crippen LogP contribution in [0.4, 0.5) is 24.7 Å². The van der Waals surface area contributed by atoms with Gasteiger partial charge in [-0.2, -0.15) is 13.2 Å². The zero-order chi connectivity index (χ0) is 24.3. The highest BCUT2D eigenvalue weighted by Gasteiger charge is 2.31. The molecule has 4 rings (SSSR count). The third-order valence-electron chi connectivity index (χ3n) is 5.36. The van der Waals surface area contributed by atoms with Gasteiger partial charge in [-0.15, -0.1) is 0 Å². The minimum atomic E-state index is -4.60. The van der Waals surface area contributed by atoms with Crippen molar-refractivity contribution in [2.75, 3.05) is 32.1 Å². The number of carbonyl (C=O) groups is 1. The van der Waals surface area contributed by atoms with Crippen LogP contribution in [0.25, 0.3) is 11.0 Å². The van der Waals surface area contributed by atoms with Crippen molar-refractivity contribution >= 4 is 34.7 Å². The Hall–Kier alpha value is -3.83. The first-order chi connectivity index (χ1) is 16.2. The van der Waals surface area contributed by atoms with Crippen molar-refractivity contribution in [2.45, 2.75) is 25.4 Å². The number of aliphatic imine (C=N–C) groups is 1. The summed E-state index contributed by atoms with van der Waals surface area (Å²) in [6.45, 7) is 1.08. The predicted octanol–water partition coefficient (Wildman–Crippen LogP) is 3.87.